The van der Waals surface area contributed by atoms with Crippen LogP contribution in [0.3, 0.4) is 0 Å². The number of piperidine rings is 1. The van der Waals surface area contributed by atoms with Crippen molar-refractivity contribution in [1.82, 2.24) is 9.88 Å². The third-order valence-electron chi connectivity index (χ3n) is 5.19. The number of carbonyl (C=O) groups is 2. The van der Waals surface area contributed by atoms with E-state index >= 15 is 0 Å². The molecule has 0 atom stereocenters. The Labute approximate surface area is 185 Å². The Bertz CT molecular complexity index is 884. The Morgan fingerprint density at radius 2 is 1.93 bits per heavy atom. The number of halogens is 3. The third kappa shape index (κ3) is 6.76. The maximum atomic E-state index is 13.4. The fraction of sp³-hybridized carbons (Fsp3) is 0.409. The summed E-state index contributed by atoms with van der Waals surface area (Å²) in [7, 11) is 0. The molecule has 1 saturated heterocycles. The van der Waals surface area contributed by atoms with Gasteiger partial charge in [-0.25, -0.2) is 4.39 Å². The summed E-state index contributed by atoms with van der Waals surface area (Å²) in [6.07, 6.45) is 4.65. The number of Topliss-reactive ketones (excluding diaryl/α,β-unsaturated/α-hetero) is 2. The van der Waals surface area contributed by atoms with Gasteiger partial charge in [0.25, 0.3) is 0 Å². The van der Waals surface area contributed by atoms with Crippen LogP contribution in [0, 0.1) is 11.7 Å². The average Bonchev–Trinajstić information content (AvgIpc) is 2.74. The lowest BCUT2D eigenvalue weighted by atomic mass is 9.91. The Kier molecular flexibility index (Phi) is 8.19. The van der Waals surface area contributed by atoms with Gasteiger partial charge < -0.3 is 4.74 Å². The van der Waals surface area contributed by atoms with Gasteiger partial charge in [-0.3, -0.25) is 19.5 Å². The number of ketones is 2. The van der Waals surface area contributed by atoms with E-state index in [0.29, 0.717) is 29.6 Å². The first-order valence-corrected chi connectivity index (χ1v) is 10.6. The van der Waals surface area contributed by atoms with Crippen molar-refractivity contribution in [3.8, 4) is 5.75 Å². The highest BCUT2D eigenvalue weighted by Gasteiger charge is 2.22. The largest absolute Gasteiger partial charge is 0.486 e. The van der Waals surface area contributed by atoms with Crippen LogP contribution >= 0.6 is 23.2 Å². The van der Waals surface area contributed by atoms with Crippen LogP contribution < -0.4 is 4.74 Å². The molecule has 0 saturated carbocycles. The van der Waals surface area contributed by atoms with Gasteiger partial charge in [0, 0.05) is 18.7 Å². The van der Waals surface area contributed by atoms with Crippen molar-refractivity contribution in [3.63, 3.8) is 0 Å². The molecular formula is C22H23Cl2FN2O3. The molecule has 2 aromatic rings. The molecular weight excluding hydrogens is 430 g/mol. The SMILES string of the molecule is O=C(COc1ccc(Cl)c(F)c1)CN1CCC(CCC(=O)c2ccc(Cl)cn2)CC1. The molecule has 1 fully saturated rings. The summed E-state index contributed by atoms with van der Waals surface area (Å²) < 4.78 is 18.8. The van der Waals surface area contributed by atoms with Crippen LogP contribution in [0.25, 0.3) is 0 Å². The van der Waals surface area contributed by atoms with E-state index in [9.17, 15) is 14.0 Å². The molecule has 1 aliphatic rings. The second kappa shape index (κ2) is 10.8. The molecule has 1 aliphatic heterocycles. The summed E-state index contributed by atoms with van der Waals surface area (Å²) in [5, 5.41) is 0.530. The smallest absolute Gasteiger partial charge is 0.184 e. The molecule has 0 N–H and O–H groups in total. The summed E-state index contributed by atoms with van der Waals surface area (Å²) >= 11 is 11.4. The molecule has 0 bridgehead atoms. The van der Waals surface area contributed by atoms with E-state index in [1.165, 1.54) is 24.4 Å². The lowest BCUT2D eigenvalue weighted by Crippen LogP contribution is -2.38. The van der Waals surface area contributed by atoms with Crippen molar-refractivity contribution in [2.75, 3.05) is 26.2 Å². The zero-order valence-corrected chi connectivity index (χ0v) is 18.0. The van der Waals surface area contributed by atoms with Gasteiger partial charge in [-0.05, 0) is 62.5 Å². The molecule has 0 aliphatic carbocycles. The lowest BCUT2D eigenvalue weighted by Gasteiger charge is -2.31. The van der Waals surface area contributed by atoms with Gasteiger partial charge >= 0.3 is 0 Å². The maximum absolute atomic E-state index is 13.4. The van der Waals surface area contributed by atoms with Crippen LogP contribution in [0.5, 0.6) is 5.75 Å². The number of benzene rings is 1. The van der Waals surface area contributed by atoms with Gasteiger partial charge in [0.2, 0.25) is 0 Å². The van der Waals surface area contributed by atoms with Gasteiger partial charge in [-0.15, -0.1) is 0 Å². The van der Waals surface area contributed by atoms with E-state index in [-0.39, 0.29) is 28.9 Å². The highest BCUT2D eigenvalue weighted by Crippen LogP contribution is 2.23. The Morgan fingerprint density at radius 1 is 1.17 bits per heavy atom. The Morgan fingerprint density at radius 3 is 2.60 bits per heavy atom. The molecule has 0 unspecified atom stereocenters. The topological polar surface area (TPSA) is 59.5 Å². The molecule has 0 radical (unpaired) electrons. The molecule has 3 rings (SSSR count). The quantitative estimate of drug-likeness (QED) is 0.508. The summed E-state index contributed by atoms with van der Waals surface area (Å²) in [4.78, 5) is 30.6. The number of aromatic nitrogens is 1. The van der Waals surface area contributed by atoms with Gasteiger partial charge in [0.1, 0.15) is 23.9 Å². The van der Waals surface area contributed by atoms with E-state index in [0.717, 1.165) is 32.4 Å². The second-order valence-corrected chi connectivity index (χ2v) is 8.29. The zero-order valence-electron chi connectivity index (χ0n) is 16.5. The van der Waals surface area contributed by atoms with Gasteiger partial charge in [0.15, 0.2) is 11.6 Å². The molecule has 8 heteroatoms. The van der Waals surface area contributed by atoms with Crippen molar-refractivity contribution in [3.05, 3.63) is 58.1 Å². The van der Waals surface area contributed by atoms with Crippen molar-refractivity contribution < 1.29 is 18.7 Å². The molecule has 5 nitrogen and oxygen atoms in total. The predicted molar refractivity (Wildman–Crippen MR) is 114 cm³/mol. The number of likely N-dealkylation sites (tertiary alicyclic amines) is 1. The fourth-order valence-electron chi connectivity index (χ4n) is 3.46. The second-order valence-electron chi connectivity index (χ2n) is 7.45. The monoisotopic (exact) mass is 452 g/mol. The number of hydrogen-bond acceptors (Lipinski definition) is 5. The number of nitrogens with zero attached hydrogens (tertiary/aromatic N) is 2. The van der Waals surface area contributed by atoms with Crippen LogP contribution in [0.1, 0.15) is 36.2 Å². The number of pyridine rings is 1. The number of hydrogen-bond donors (Lipinski definition) is 0. The molecule has 1 aromatic carbocycles. The normalized spacial score (nSPS) is 15.2. The summed E-state index contributed by atoms with van der Waals surface area (Å²) in [6, 6.07) is 7.42. The minimum absolute atomic E-state index is 0.0164. The first kappa shape index (κ1) is 22.7. The van der Waals surface area contributed by atoms with Crippen molar-refractivity contribution >= 4 is 34.8 Å². The minimum Gasteiger partial charge on any atom is -0.486 e. The first-order chi connectivity index (χ1) is 14.4. The summed E-state index contributed by atoms with van der Waals surface area (Å²) in [6.45, 7) is 1.80. The van der Waals surface area contributed by atoms with Crippen LogP contribution in [-0.2, 0) is 4.79 Å². The molecule has 2 heterocycles. The Balaban J connectivity index is 1.34. The summed E-state index contributed by atoms with van der Waals surface area (Å²) in [5.41, 5.74) is 0.447. The highest BCUT2D eigenvalue weighted by atomic mass is 35.5. The van der Waals surface area contributed by atoms with Crippen LogP contribution in [0.2, 0.25) is 10.0 Å². The van der Waals surface area contributed by atoms with E-state index in [1.807, 2.05) is 0 Å². The molecule has 1 aromatic heterocycles. The number of ether oxygens (including phenoxy) is 1. The van der Waals surface area contributed by atoms with Crippen molar-refractivity contribution in [2.45, 2.75) is 25.7 Å². The molecule has 30 heavy (non-hydrogen) atoms. The van der Waals surface area contributed by atoms with Crippen LogP contribution in [0.15, 0.2) is 36.5 Å². The molecule has 160 valence electrons. The summed E-state index contributed by atoms with van der Waals surface area (Å²) in [5.74, 6) is 0.131. The minimum atomic E-state index is -0.575. The predicted octanol–water partition coefficient (Wildman–Crippen LogP) is 4.85. The average molecular weight is 453 g/mol. The molecule has 0 spiro atoms. The number of carbonyl (C=O) groups excluding carboxylic acids is 2. The fourth-order valence-corrected chi connectivity index (χ4v) is 3.69. The highest BCUT2D eigenvalue weighted by molar-refractivity contribution is 6.30. The standard InChI is InChI=1S/C22H23Cl2FN2O3/c23-16-2-5-21(26-12-16)22(29)6-1-15-7-9-27(10-8-15)13-17(28)14-30-18-3-4-19(24)20(25)11-18/h2-5,11-12,15H,1,6-10,13-14H2. The zero-order chi connectivity index (χ0) is 21.5. The van der Waals surface area contributed by atoms with Gasteiger partial charge in [-0.2, -0.15) is 0 Å². The van der Waals surface area contributed by atoms with Crippen LogP contribution in [0.4, 0.5) is 4.39 Å². The van der Waals surface area contributed by atoms with Crippen molar-refractivity contribution in [2.24, 2.45) is 5.92 Å². The first-order valence-electron chi connectivity index (χ1n) is 9.87. The van der Waals surface area contributed by atoms with Crippen LogP contribution in [-0.4, -0.2) is 47.7 Å². The van der Waals surface area contributed by atoms with E-state index in [1.54, 1.807) is 12.1 Å². The third-order valence-corrected chi connectivity index (χ3v) is 5.72. The van der Waals surface area contributed by atoms with Crippen molar-refractivity contribution in [1.29, 1.82) is 0 Å². The Hall–Kier alpha value is -2.02. The van der Waals surface area contributed by atoms with E-state index < -0.39 is 5.82 Å². The maximum Gasteiger partial charge on any atom is 0.184 e. The lowest BCUT2D eigenvalue weighted by molar-refractivity contribution is -0.122. The molecule has 0 amide bonds. The van der Waals surface area contributed by atoms with Gasteiger partial charge in [0.05, 0.1) is 16.6 Å². The number of rotatable bonds is 9. The van der Waals surface area contributed by atoms with E-state index in [4.69, 9.17) is 27.9 Å². The van der Waals surface area contributed by atoms with E-state index in [2.05, 4.69) is 9.88 Å². The van der Waals surface area contributed by atoms with Gasteiger partial charge in [-0.1, -0.05) is 23.2 Å².